The van der Waals surface area contributed by atoms with Crippen molar-refractivity contribution in [3.63, 3.8) is 0 Å². The summed E-state index contributed by atoms with van der Waals surface area (Å²) >= 11 is 1.32. The van der Waals surface area contributed by atoms with E-state index in [0.29, 0.717) is 61.0 Å². The number of hydrogen-bond donors (Lipinski definition) is 1. The largest absolute Gasteiger partial charge is 0.461 e. The minimum absolute atomic E-state index is 0.00859. The van der Waals surface area contributed by atoms with Gasteiger partial charge in [0.2, 0.25) is 0 Å². The second-order valence-corrected chi connectivity index (χ2v) is 14.2. The lowest BCUT2D eigenvalue weighted by molar-refractivity contribution is -0.140. The van der Waals surface area contributed by atoms with Crippen LogP contribution in [0.2, 0.25) is 0 Å². The first-order valence-electron chi connectivity index (χ1n) is 16.0. The van der Waals surface area contributed by atoms with Crippen molar-refractivity contribution in [1.82, 2.24) is 24.8 Å². The zero-order valence-corrected chi connectivity index (χ0v) is 27.4. The van der Waals surface area contributed by atoms with E-state index < -0.39 is 46.6 Å². The van der Waals surface area contributed by atoms with E-state index in [1.165, 1.54) is 16.2 Å². The molecule has 6 heterocycles. The van der Waals surface area contributed by atoms with Crippen LogP contribution in [0.25, 0.3) is 0 Å². The number of carbonyl (C=O) groups excluding carboxylic acids is 1. The van der Waals surface area contributed by atoms with Crippen LogP contribution >= 0.6 is 11.3 Å². The van der Waals surface area contributed by atoms with Gasteiger partial charge in [-0.05, 0) is 44.4 Å². The molecule has 7 rings (SSSR count). The monoisotopic (exact) mass is 693 g/mol. The molecule has 0 spiro atoms. The number of hydrogen-bond acceptors (Lipinski definition) is 10. The van der Waals surface area contributed by atoms with Gasteiger partial charge in [0, 0.05) is 56.0 Å². The minimum atomic E-state index is -4.84. The molecule has 3 atom stereocenters. The summed E-state index contributed by atoms with van der Waals surface area (Å²) in [5.74, 6) is -0.890. The molecule has 10 nitrogen and oxygen atoms in total. The zero-order chi connectivity index (χ0) is 34.0. The van der Waals surface area contributed by atoms with Crippen LogP contribution in [0, 0.1) is 5.82 Å². The molecular weight excluding hydrogens is 657 g/mol. The van der Waals surface area contributed by atoms with Gasteiger partial charge >= 0.3 is 12.2 Å². The average molecular weight is 694 g/mol. The molecule has 1 amide bonds. The highest BCUT2D eigenvalue weighted by molar-refractivity contribution is 7.13. The third kappa shape index (κ3) is 5.95. The molecule has 0 saturated carbocycles. The second-order valence-electron chi connectivity index (χ2n) is 13.2. The van der Waals surface area contributed by atoms with Gasteiger partial charge in [-0.25, -0.2) is 13.8 Å². The van der Waals surface area contributed by atoms with Crippen LogP contribution in [0.4, 0.5) is 33.5 Å². The zero-order valence-electron chi connectivity index (χ0n) is 26.6. The van der Waals surface area contributed by atoms with Gasteiger partial charge in [0.1, 0.15) is 18.6 Å². The lowest BCUT2D eigenvalue weighted by Gasteiger charge is -2.33. The summed E-state index contributed by atoms with van der Waals surface area (Å²) in [6, 6.07) is 1.67. The second kappa shape index (κ2) is 12.4. The van der Waals surface area contributed by atoms with Crippen molar-refractivity contribution in [2.45, 2.75) is 75.7 Å². The number of fused-ring (bicyclic) bond motifs is 3. The fourth-order valence-corrected chi connectivity index (χ4v) is 8.56. The molecule has 2 saturated heterocycles. The summed E-state index contributed by atoms with van der Waals surface area (Å²) in [5, 5.41) is 0.388. The number of aromatic nitrogens is 3. The fourth-order valence-electron chi connectivity index (χ4n) is 7.42. The Labute approximate surface area is 278 Å². The SMILES string of the molecule is CN(C)C(=O)c1nc2c(s1)CN(c1nc(OC[C@@]34CCCN3C[C@H](F)C4)nc3c1CO[C@H](c1c(C(F)(F)F)ccc(N)c1F)C3)CCC2. The molecule has 0 unspecified atom stereocenters. The minimum Gasteiger partial charge on any atom is -0.461 e. The van der Waals surface area contributed by atoms with E-state index in [2.05, 4.69) is 14.9 Å². The number of anilines is 2. The van der Waals surface area contributed by atoms with E-state index >= 15 is 4.39 Å². The number of benzene rings is 1. The number of nitrogens with two attached hydrogens (primary N) is 1. The highest BCUT2D eigenvalue weighted by atomic mass is 32.1. The molecule has 48 heavy (non-hydrogen) atoms. The molecule has 1 aromatic carbocycles. The first-order chi connectivity index (χ1) is 22.8. The van der Waals surface area contributed by atoms with Crippen molar-refractivity contribution >= 4 is 28.7 Å². The lowest BCUT2D eigenvalue weighted by Crippen LogP contribution is -2.43. The van der Waals surface area contributed by atoms with E-state index in [1.54, 1.807) is 14.1 Å². The quantitative estimate of drug-likeness (QED) is 0.279. The Morgan fingerprint density at radius 1 is 1.19 bits per heavy atom. The van der Waals surface area contributed by atoms with E-state index in [4.69, 9.17) is 20.2 Å². The maximum Gasteiger partial charge on any atom is 0.416 e. The standard InChI is InChI=1S/C32H36F5N7O3S/c1-42(2)29(45)28-39-21-5-3-9-43(14-24(21)48-28)27-18-15-46-23(25-19(32(35,36)37)6-7-20(38)26(25)34)11-22(18)40-30(41-27)47-16-31-8-4-10-44(31)13-17(33)12-31/h6-7,17,23H,3-5,8-16,38H2,1-2H3/t17-,23+,31+/m1/s1. The first-order valence-corrected chi connectivity index (χ1v) is 16.8. The molecule has 258 valence electrons. The predicted octanol–water partition coefficient (Wildman–Crippen LogP) is 5.10. The Balaban J connectivity index is 1.26. The number of nitrogens with zero attached hydrogens (tertiary/aromatic N) is 6. The molecule has 0 aliphatic carbocycles. The third-order valence-corrected chi connectivity index (χ3v) is 10.8. The fraction of sp³-hybridized carbons (Fsp3) is 0.562. The van der Waals surface area contributed by atoms with Crippen LogP contribution in [0.3, 0.4) is 0 Å². The van der Waals surface area contributed by atoms with Gasteiger partial charge in [0.05, 0.1) is 47.4 Å². The molecule has 3 aromatic rings. The van der Waals surface area contributed by atoms with E-state index in [-0.39, 0.29) is 31.6 Å². The number of carbonyl (C=O) groups is 1. The highest BCUT2D eigenvalue weighted by Gasteiger charge is 2.49. The number of alkyl halides is 4. The normalized spacial score (nSPS) is 24.2. The molecular formula is C32H36F5N7O3S. The van der Waals surface area contributed by atoms with Gasteiger partial charge in [0.25, 0.3) is 5.91 Å². The summed E-state index contributed by atoms with van der Waals surface area (Å²) in [4.78, 5) is 33.2. The number of halogens is 5. The van der Waals surface area contributed by atoms with Crippen molar-refractivity contribution in [3.05, 3.63) is 55.9 Å². The summed E-state index contributed by atoms with van der Waals surface area (Å²) in [7, 11) is 3.33. The Kier molecular flexibility index (Phi) is 8.47. The van der Waals surface area contributed by atoms with Crippen LogP contribution in [-0.2, 0) is 36.9 Å². The summed E-state index contributed by atoms with van der Waals surface area (Å²) in [5.41, 5.74) is 4.75. The van der Waals surface area contributed by atoms with Crippen LogP contribution in [0.5, 0.6) is 6.01 Å². The van der Waals surface area contributed by atoms with Gasteiger partial charge < -0.3 is 25.0 Å². The molecule has 2 N–H and O–H groups in total. The number of aryl methyl sites for hydroxylation is 1. The number of amides is 1. The van der Waals surface area contributed by atoms with Gasteiger partial charge in [0.15, 0.2) is 10.8 Å². The molecule has 4 aliphatic rings. The van der Waals surface area contributed by atoms with Crippen LogP contribution in [0.15, 0.2) is 12.1 Å². The smallest absolute Gasteiger partial charge is 0.416 e. The molecule has 2 aromatic heterocycles. The summed E-state index contributed by atoms with van der Waals surface area (Å²) < 4.78 is 84.1. The van der Waals surface area contributed by atoms with E-state index in [1.807, 2.05) is 4.90 Å². The van der Waals surface area contributed by atoms with Crippen LogP contribution in [0.1, 0.15) is 74.5 Å². The Morgan fingerprint density at radius 3 is 2.77 bits per heavy atom. The number of ether oxygens (including phenoxy) is 2. The topological polar surface area (TPSA) is 110 Å². The number of nitrogen functional groups attached to an aromatic ring is 1. The van der Waals surface area contributed by atoms with Gasteiger partial charge in [-0.3, -0.25) is 9.69 Å². The first kappa shape index (κ1) is 32.9. The Morgan fingerprint density at radius 2 is 2.00 bits per heavy atom. The third-order valence-electron chi connectivity index (χ3n) is 9.77. The summed E-state index contributed by atoms with van der Waals surface area (Å²) in [6.45, 7) is 2.03. The Bertz CT molecular complexity index is 1740. The van der Waals surface area contributed by atoms with Gasteiger partial charge in [-0.1, -0.05) is 0 Å². The maximum absolute atomic E-state index is 15.3. The lowest BCUT2D eigenvalue weighted by atomic mass is 9.94. The molecule has 16 heteroatoms. The van der Waals surface area contributed by atoms with E-state index in [0.717, 1.165) is 42.1 Å². The van der Waals surface area contributed by atoms with E-state index in [9.17, 15) is 22.4 Å². The van der Waals surface area contributed by atoms with Crippen molar-refractivity contribution < 1.29 is 36.2 Å². The van der Waals surface area contributed by atoms with Crippen LogP contribution < -0.4 is 15.4 Å². The predicted molar refractivity (Wildman–Crippen MR) is 167 cm³/mol. The highest BCUT2D eigenvalue weighted by Crippen LogP contribution is 2.44. The summed E-state index contributed by atoms with van der Waals surface area (Å²) in [6.07, 6.45) is -3.94. The van der Waals surface area contributed by atoms with Crippen LogP contribution in [-0.4, -0.2) is 82.7 Å². The molecule has 0 bridgehead atoms. The van der Waals surface area contributed by atoms with Crippen molar-refractivity contribution in [2.24, 2.45) is 0 Å². The molecule has 2 fully saturated rings. The van der Waals surface area contributed by atoms with Crippen molar-refractivity contribution in [1.29, 1.82) is 0 Å². The Hall–Kier alpha value is -3.63. The van der Waals surface area contributed by atoms with Gasteiger partial charge in [-0.15, -0.1) is 11.3 Å². The van der Waals surface area contributed by atoms with Gasteiger partial charge in [-0.2, -0.15) is 23.1 Å². The maximum atomic E-state index is 15.3. The number of thiazole rings is 1. The van der Waals surface area contributed by atoms with Crippen molar-refractivity contribution in [2.75, 3.05) is 51.0 Å². The van der Waals surface area contributed by atoms with Crippen molar-refractivity contribution in [3.8, 4) is 6.01 Å². The number of rotatable bonds is 6. The molecule has 0 radical (unpaired) electrons. The average Bonchev–Trinajstić information content (AvgIpc) is 3.66. The molecule has 4 aliphatic heterocycles.